The van der Waals surface area contributed by atoms with E-state index in [0.29, 0.717) is 6.61 Å². The average Bonchev–Trinajstić information content (AvgIpc) is 2.69. The van der Waals surface area contributed by atoms with Gasteiger partial charge in [-0.05, 0) is 30.7 Å². The van der Waals surface area contributed by atoms with E-state index in [4.69, 9.17) is 14.2 Å². The summed E-state index contributed by atoms with van der Waals surface area (Å²) in [6.07, 6.45) is 0. The van der Waals surface area contributed by atoms with Crippen LogP contribution in [0.5, 0.6) is 17.2 Å². The lowest BCUT2D eigenvalue weighted by molar-refractivity contribution is 0.151. The molecule has 5 nitrogen and oxygen atoms in total. The Morgan fingerprint density at radius 1 is 1.04 bits per heavy atom. The minimum absolute atomic E-state index is 0.276. The number of hydrogen-bond donors (Lipinski definition) is 1. The summed E-state index contributed by atoms with van der Waals surface area (Å²) in [5.74, 6) is 2.52. The lowest BCUT2D eigenvalue weighted by Gasteiger charge is -2.37. The Labute approximate surface area is 155 Å². The number of hydrogen-bond acceptors (Lipinski definition) is 5. The molecule has 0 saturated carbocycles. The Bertz CT molecular complexity index is 720. The predicted molar refractivity (Wildman–Crippen MR) is 103 cm³/mol. The van der Waals surface area contributed by atoms with Crippen molar-refractivity contribution in [2.75, 3.05) is 40.5 Å². The second-order valence-electron chi connectivity index (χ2n) is 6.35. The number of benzene rings is 2. The third-order valence-corrected chi connectivity index (χ3v) is 4.77. The van der Waals surface area contributed by atoms with Crippen LogP contribution in [0.4, 0.5) is 0 Å². The van der Waals surface area contributed by atoms with E-state index in [-0.39, 0.29) is 6.04 Å². The molecule has 0 bridgehead atoms. The normalized spacial score (nSPS) is 17.7. The van der Waals surface area contributed by atoms with Gasteiger partial charge in [0.2, 0.25) is 0 Å². The van der Waals surface area contributed by atoms with Crippen LogP contribution in [0.15, 0.2) is 42.5 Å². The maximum atomic E-state index is 5.73. The van der Waals surface area contributed by atoms with Crippen molar-refractivity contribution in [3.63, 3.8) is 0 Å². The molecule has 2 aromatic rings. The molecule has 0 aliphatic carbocycles. The van der Waals surface area contributed by atoms with Crippen molar-refractivity contribution in [3.8, 4) is 17.2 Å². The average molecular weight is 356 g/mol. The molecule has 2 aromatic carbocycles. The zero-order valence-electron chi connectivity index (χ0n) is 15.8. The topological polar surface area (TPSA) is 43.0 Å². The zero-order chi connectivity index (χ0) is 18.4. The summed E-state index contributed by atoms with van der Waals surface area (Å²) < 4.78 is 16.7. The maximum absolute atomic E-state index is 5.73. The van der Waals surface area contributed by atoms with Gasteiger partial charge in [-0.25, -0.2) is 0 Å². The summed E-state index contributed by atoms with van der Waals surface area (Å²) in [5, 5.41) is 3.51. The van der Waals surface area contributed by atoms with E-state index in [0.717, 1.165) is 43.4 Å². The summed E-state index contributed by atoms with van der Waals surface area (Å²) in [6, 6.07) is 14.7. The summed E-state index contributed by atoms with van der Waals surface area (Å²) in [6.45, 7) is 6.35. The Morgan fingerprint density at radius 2 is 1.85 bits per heavy atom. The molecule has 0 radical (unpaired) electrons. The second kappa shape index (κ2) is 8.92. The molecule has 26 heavy (non-hydrogen) atoms. The van der Waals surface area contributed by atoms with Gasteiger partial charge in [0.15, 0.2) is 11.5 Å². The van der Waals surface area contributed by atoms with Gasteiger partial charge in [-0.3, -0.25) is 4.90 Å². The molecule has 1 aliphatic rings. The van der Waals surface area contributed by atoms with Crippen LogP contribution in [0, 0.1) is 0 Å². The summed E-state index contributed by atoms with van der Waals surface area (Å²) in [7, 11) is 3.41. The van der Waals surface area contributed by atoms with Gasteiger partial charge in [-0.2, -0.15) is 0 Å². The molecule has 5 heteroatoms. The molecule has 0 aromatic heterocycles. The smallest absolute Gasteiger partial charge is 0.161 e. The second-order valence-corrected chi connectivity index (χ2v) is 6.35. The summed E-state index contributed by atoms with van der Waals surface area (Å²) in [4.78, 5) is 2.49. The van der Waals surface area contributed by atoms with Gasteiger partial charge in [-0.15, -0.1) is 0 Å². The lowest BCUT2D eigenvalue weighted by atomic mass is 10.0. The first-order valence-corrected chi connectivity index (χ1v) is 9.14. The first kappa shape index (κ1) is 18.5. The lowest BCUT2D eigenvalue weighted by Crippen LogP contribution is -2.45. The van der Waals surface area contributed by atoms with Crippen LogP contribution in [0.1, 0.15) is 24.1 Å². The standard InChI is InChI=1S/C21H28N2O3/c1-4-26-21-13-16(9-10-20(21)25-3)15-23-12-11-22-14-18(23)17-7-5-6-8-19(17)24-2/h5-10,13,18,22H,4,11-12,14-15H2,1-3H3. The van der Waals surface area contributed by atoms with E-state index >= 15 is 0 Å². The fraction of sp³-hybridized carbons (Fsp3) is 0.429. The highest BCUT2D eigenvalue weighted by molar-refractivity contribution is 5.43. The molecule has 1 heterocycles. The minimum Gasteiger partial charge on any atom is -0.496 e. The third-order valence-electron chi connectivity index (χ3n) is 4.77. The highest BCUT2D eigenvalue weighted by Gasteiger charge is 2.26. The van der Waals surface area contributed by atoms with Crippen molar-refractivity contribution in [1.29, 1.82) is 0 Å². The largest absolute Gasteiger partial charge is 0.496 e. The number of para-hydroxylation sites is 1. The first-order valence-electron chi connectivity index (χ1n) is 9.14. The van der Waals surface area contributed by atoms with E-state index in [1.165, 1.54) is 11.1 Å². The molecule has 1 aliphatic heterocycles. The van der Waals surface area contributed by atoms with Crippen LogP contribution < -0.4 is 19.5 Å². The molecule has 1 atom stereocenters. The maximum Gasteiger partial charge on any atom is 0.161 e. The highest BCUT2D eigenvalue weighted by atomic mass is 16.5. The molecular weight excluding hydrogens is 328 g/mol. The van der Waals surface area contributed by atoms with Crippen LogP contribution in [0.25, 0.3) is 0 Å². The molecule has 140 valence electrons. The van der Waals surface area contributed by atoms with Gasteiger partial charge >= 0.3 is 0 Å². The van der Waals surface area contributed by atoms with Crippen LogP contribution >= 0.6 is 0 Å². The van der Waals surface area contributed by atoms with Crippen molar-refractivity contribution in [2.24, 2.45) is 0 Å². The Kier molecular flexibility index (Phi) is 6.36. The van der Waals surface area contributed by atoms with Crippen LogP contribution in [-0.4, -0.2) is 45.4 Å². The van der Waals surface area contributed by atoms with Gasteiger partial charge in [-0.1, -0.05) is 24.3 Å². The van der Waals surface area contributed by atoms with Crippen LogP contribution in [-0.2, 0) is 6.54 Å². The number of methoxy groups -OCH3 is 2. The quantitative estimate of drug-likeness (QED) is 0.825. The van der Waals surface area contributed by atoms with Gasteiger partial charge in [0, 0.05) is 31.7 Å². The molecule has 0 amide bonds. The van der Waals surface area contributed by atoms with E-state index in [1.54, 1.807) is 14.2 Å². The highest BCUT2D eigenvalue weighted by Crippen LogP contribution is 2.33. The number of piperazine rings is 1. The van der Waals surface area contributed by atoms with Crippen LogP contribution in [0.3, 0.4) is 0 Å². The molecule has 1 fully saturated rings. The monoisotopic (exact) mass is 356 g/mol. The Balaban J connectivity index is 1.84. The number of rotatable bonds is 7. The van der Waals surface area contributed by atoms with E-state index in [2.05, 4.69) is 34.5 Å². The third kappa shape index (κ3) is 4.11. The zero-order valence-corrected chi connectivity index (χ0v) is 15.8. The number of nitrogens with zero attached hydrogens (tertiary/aromatic N) is 1. The van der Waals surface area contributed by atoms with Crippen molar-refractivity contribution < 1.29 is 14.2 Å². The van der Waals surface area contributed by atoms with Crippen molar-refractivity contribution in [3.05, 3.63) is 53.6 Å². The first-order chi connectivity index (χ1) is 12.8. The van der Waals surface area contributed by atoms with E-state index in [9.17, 15) is 0 Å². The molecule has 0 spiro atoms. The van der Waals surface area contributed by atoms with E-state index in [1.807, 2.05) is 25.1 Å². The minimum atomic E-state index is 0.276. The molecule has 1 unspecified atom stereocenters. The van der Waals surface area contributed by atoms with Crippen LogP contribution in [0.2, 0.25) is 0 Å². The molecule has 3 rings (SSSR count). The van der Waals surface area contributed by atoms with Gasteiger partial charge in [0.1, 0.15) is 5.75 Å². The van der Waals surface area contributed by atoms with Crippen molar-refractivity contribution in [1.82, 2.24) is 10.2 Å². The predicted octanol–water partition coefficient (Wildman–Crippen LogP) is 3.25. The van der Waals surface area contributed by atoms with Gasteiger partial charge < -0.3 is 19.5 Å². The van der Waals surface area contributed by atoms with Gasteiger partial charge in [0.05, 0.1) is 26.9 Å². The van der Waals surface area contributed by atoms with Crippen molar-refractivity contribution in [2.45, 2.75) is 19.5 Å². The Morgan fingerprint density at radius 3 is 2.62 bits per heavy atom. The molecule has 1 saturated heterocycles. The fourth-order valence-corrected chi connectivity index (χ4v) is 3.51. The number of nitrogens with one attached hydrogen (secondary N) is 1. The summed E-state index contributed by atoms with van der Waals surface area (Å²) in [5.41, 5.74) is 2.44. The Hall–Kier alpha value is -2.24. The van der Waals surface area contributed by atoms with Crippen molar-refractivity contribution >= 4 is 0 Å². The van der Waals surface area contributed by atoms with E-state index < -0.39 is 0 Å². The SMILES string of the molecule is CCOc1cc(CN2CCNCC2c2ccccc2OC)ccc1OC. The van der Waals surface area contributed by atoms with Gasteiger partial charge in [0.25, 0.3) is 0 Å². The summed E-state index contributed by atoms with van der Waals surface area (Å²) >= 11 is 0. The molecule has 1 N–H and O–H groups in total. The number of ether oxygens (including phenoxy) is 3. The fourth-order valence-electron chi connectivity index (χ4n) is 3.51. The molecular formula is C21H28N2O3.